The number of aliphatic hydroxyl groups is 2. The number of fused-ring (bicyclic) bond motifs is 1. The summed E-state index contributed by atoms with van der Waals surface area (Å²) in [6.07, 6.45) is 0.800. The minimum atomic E-state index is -2.63. The van der Waals surface area contributed by atoms with Crippen molar-refractivity contribution in [2.45, 2.75) is 55.3 Å². The van der Waals surface area contributed by atoms with Gasteiger partial charge in [0.25, 0.3) is 11.8 Å². The van der Waals surface area contributed by atoms with Crippen LogP contribution in [-0.2, 0) is 5.41 Å². The van der Waals surface area contributed by atoms with Crippen molar-refractivity contribution >= 4 is 35.3 Å². The average Bonchev–Trinajstić information content (AvgIpc) is 3.41. The van der Waals surface area contributed by atoms with Crippen molar-refractivity contribution in [1.29, 1.82) is 0 Å². The van der Waals surface area contributed by atoms with E-state index < -0.39 is 41.4 Å². The van der Waals surface area contributed by atoms with Gasteiger partial charge in [-0.1, -0.05) is 49.7 Å². The number of ether oxygens (including phenoxy) is 1. The number of nitrogens with one attached hydrogen (secondary N) is 3. The van der Waals surface area contributed by atoms with Crippen LogP contribution in [0.1, 0.15) is 46.5 Å². The van der Waals surface area contributed by atoms with Crippen LogP contribution in [0.3, 0.4) is 0 Å². The van der Waals surface area contributed by atoms with E-state index in [4.69, 9.17) is 27.8 Å². The fraction of sp³-hybridized carbons (Fsp3) is 0.429. The van der Waals surface area contributed by atoms with Crippen molar-refractivity contribution in [2.75, 3.05) is 19.7 Å². The maximum atomic E-state index is 13.6. The van der Waals surface area contributed by atoms with Crippen molar-refractivity contribution in [3.8, 4) is 5.75 Å². The Morgan fingerprint density at radius 2 is 1.86 bits per heavy atom. The van der Waals surface area contributed by atoms with Gasteiger partial charge in [-0.2, -0.15) is 0 Å². The molecule has 0 aromatic heterocycles. The number of hydrogen-bond acceptors (Lipinski definition) is 11. The Labute approximate surface area is 247 Å². The molecule has 222 valence electrons. The molecule has 0 aliphatic carbocycles. The largest absolute Gasteiger partial charge is 0.492 e. The first-order chi connectivity index (χ1) is 19.9. The number of hydrogen-bond donors (Lipinski definition) is 7. The molecule has 0 unspecified atom stereocenters. The molecule has 4 atom stereocenters. The zero-order valence-corrected chi connectivity index (χ0v) is 23.9. The molecule has 0 radical (unpaired) electrons. The van der Waals surface area contributed by atoms with Crippen molar-refractivity contribution < 1.29 is 24.5 Å². The lowest BCUT2D eigenvalue weighted by atomic mass is 9.79. The third kappa shape index (κ3) is 4.14. The van der Waals surface area contributed by atoms with Crippen LogP contribution in [0.5, 0.6) is 5.75 Å². The molecular formula is C28H33ClN8O5. The number of guanidine groups is 2. The third-order valence-electron chi connectivity index (χ3n) is 8.66. The highest BCUT2D eigenvalue weighted by Crippen LogP contribution is 2.45. The second kappa shape index (κ2) is 9.75. The van der Waals surface area contributed by atoms with E-state index in [9.17, 15) is 19.8 Å². The Morgan fingerprint density at radius 1 is 1.12 bits per heavy atom. The van der Waals surface area contributed by atoms with Gasteiger partial charge in [0.2, 0.25) is 5.79 Å². The van der Waals surface area contributed by atoms with Gasteiger partial charge in [0, 0.05) is 18.7 Å². The van der Waals surface area contributed by atoms with E-state index >= 15 is 0 Å². The van der Waals surface area contributed by atoms with E-state index in [2.05, 4.69) is 39.8 Å². The third-order valence-corrected chi connectivity index (χ3v) is 8.99. The minimum Gasteiger partial charge on any atom is -0.492 e. The molecule has 1 spiro atoms. The van der Waals surface area contributed by atoms with Crippen LogP contribution in [0.4, 0.5) is 0 Å². The van der Waals surface area contributed by atoms with E-state index in [0.29, 0.717) is 12.4 Å². The Balaban J connectivity index is 1.27. The number of nitrogens with zero attached hydrogens (tertiary/aromatic N) is 3. The highest BCUT2D eigenvalue weighted by molar-refractivity contribution is 6.33. The number of nitrogens with two attached hydrogens (primary N) is 2. The molecule has 0 bridgehead atoms. The van der Waals surface area contributed by atoms with Crippen molar-refractivity contribution in [2.24, 2.45) is 21.5 Å². The number of carbonyl (C=O) groups is 2. The second-order valence-electron chi connectivity index (χ2n) is 11.6. The summed E-state index contributed by atoms with van der Waals surface area (Å²) < 4.78 is 5.90. The molecule has 2 aromatic rings. The summed E-state index contributed by atoms with van der Waals surface area (Å²) in [4.78, 5) is 36.8. The first kappa shape index (κ1) is 28.1. The fourth-order valence-electron chi connectivity index (χ4n) is 6.37. The molecule has 0 saturated carbocycles. The number of carbonyl (C=O) groups excluding carboxylic acids is 2. The van der Waals surface area contributed by atoms with Gasteiger partial charge >= 0.3 is 0 Å². The highest BCUT2D eigenvalue weighted by atomic mass is 35.5. The second-order valence-corrected chi connectivity index (χ2v) is 12.0. The summed E-state index contributed by atoms with van der Waals surface area (Å²) in [5.74, 6) is -3.24. The molecule has 42 heavy (non-hydrogen) atoms. The molecule has 1 fully saturated rings. The van der Waals surface area contributed by atoms with Crippen molar-refractivity contribution in [1.82, 2.24) is 20.9 Å². The molecule has 9 N–H and O–H groups in total. The van der Waals surface area contributed by atoms with Gasteiger partial charge in [0.15, 0.2) is 17.6 Å². The van der Waals surface area contributed by atoms with Crippen molar-refractivity contribution in [3.63, 3.8) is 0 Å². The van der Waals surface area contributed by atoms with Gasteiger partial charge in [0.05, 0.1) is 28.8 Å². The average molecular weight is 597 g/mol. The lowest BCUT2D eigenvalue weighted by molar-refractivity contribution is -0.230. The van der Waals surface area contributed by atoms with Gasteiger partial charge in [-0.3, -0.25) is 9.59 Å². The van der Waals surface area contributed by atoms with Gasteiger partial charge in [0.1, 0.15) is 17.8 Å². The van der Waals surface area contributed by atoms with Crippen LogP contribution in [0.25, 0.3) is 0 Å². The van der Waals surface area contributed by atoms with E-state index in [-0.39, 0.29) is 46.6 Å². The molecule has 14 heteroatoms. The molecular weight excluding hydrogens is 564 g/mol. The van der Waals surface area contributed by atoms with Crippen LogP contribution in [-0.4, -0.2) is 88.1 Å². The molecule has 6 rings (SSSR count). The van der Waals surface area contributed by atoms with E-state index in [1.807, 2.05) is 6.07 Å². The normalized spacial score (nSPS) is 28.2. The predicted octanol–water partition coefficient (Wildman–Crippen LogP) is -0.395. The summed E-state index contributed by atoms with van der Waals surface area (Å²) in [6.45, 7) is 4.46. The Bertz CT molecular complexity index is 1530. The fourth-order valence-corrected chi connectivity index (χ4v) is 6.59. The standard InChI is InChI=1S/C28H33ClN8O5/c1-26(2)10-11-42-20-15(7-5-8-16(20)26)23(39)34-19-13-37-25(31)33-18(12-32-22(38)14-6-3-4-9-17(14)29)21-27(37,28(19,40)41)36-24(30)35-21/h3-9,18-19,21,40-41H,10-13H2,1-2H3,(H2,31,33)(H,32,38)(H,34,39)(H3,30,35,36)/t18-,19-,21-,27-/m0/s1. The maximum absolute atomic E-state index is 13.6. The van der Waals surface area contributed by atoms with Crippen LogP contribution in [0.2, 0.25) is 5.02 Å². The summed E-state index contributed by atoms with van der Waals surface area (Å²) in [7, 11) is 0. The minimum absolute atomic E-state index is 0.0351. The van der Waals surface area contributed by atoms with Gasteiger partial charge in [-0.25, -0.2) is 9.98 Å². The molecule has 2 amide bonds. The smallest absolute Gasteiger partial charge is 0.255 e. The molecule has 2 aromatic carbocycles. The SMILES string of the molecule is CC1(C)CCOc2c(C(=O)N[C@H]3CN4C(N)=N[C@@H](CNC(=O)c5ccccc5Cl)[C@@H]5N=C(N)N[C@@]54C3(O)O)cccc21. The van der Waals surface area contributed by atoms with Gasteiger partial charge < -0.3 is 47.3 Å². The number of para-hydroxylation sites is 1. The van der Waals surface area contributed by atoms with Crippen molar-refractivity contribution in [3.05, 3.63) is 64.2 Å². The maximum Gasteiger partial charge on any atom is 0.255 e. The Morgan fingerprint density at radius 3 is 2.62 bits per heavy atom. The van der Waals surface area contributed by atoms with Crippen LogP contribution in [0.15, 0.2) is 52.4 Å². The Kier molecular flexibility index (Phi) is 6.52. The summed E-state index contributed by atoms with van der Waals surface area (Å²) >= 11 is 6.16. The summed E-state index contributed by atoms with van der Waals surface area (Å²) in [6, 6.07) is 8.88. The van der Waals surface area contributed by atoms with Gasteiger partial charge in [-0.15, -0.1) is 0 Å². The zero-order chi connectivity index (χ0) is 30.0. The lowest BCUT2D eigenvalue weighted by Gasteiger charge is -2.49. The lowest BCUT2D eigenvalue weighted by Crippen LogP contribution is -2.78. The van der Waals surface area contributed by atoms with Crippen LogP contribution in [0, 0.1) is 0 Å². The molecule has 13 nitrogen and oxygen atoms in total. The van der Waals surface area contributed by atoms with Gasteiger partial charge in [-0.05, 0) is 30.0 Å². The van der Waals surface area contributed by atoms with E-state index in [0.717, 1.165) is 12.0 Å². The van der Waals surface area contributed by atoms with Crippen LogP contribution < -0.4 is 32.2 Å². The number of rotatable bonds is 5. The molecule has 4 heterocycles. The quantitative estimate of drug-likeness (QED) is 0.224. The predicted molar refractivity (Wildman–Crippen MR) is 155 cm³/mol. The number of halogens is 1. The first-order valence-corrected chi connectivity index (χ1v) is 14.0. The molecule has 4 aliphatic rings. The topological polar surface area (TPSA) is 200 Å². The molecule has 4 aliphatic heterocycles. The number of aliphatic imine (C=N–C) groups is 2. The molecule has 1 saturated heterocycles. The summed E-state index contributed by atoms with van der Waals surface area (Å²) in [5, 5.41) is 32.2. The number of amides is 2. The van der Waals surface area contributed by atoms with Crippen LogP contribution >= 0.6 is 11.6 Å². The zero-order valence-electron chi connectivity index (χ0n) is 23.1. The summed E-state index contributed by atoms with van der Waals surface area (Å²) in [5.41, 5.74) is 11.9. The highest BCUT2D eigenvalue weighted by Gasteiger charge is 2.73. The van der Waals surface area contributed by atoms with E-state index in [1.54, 1.807) is 36.4 Å². The van der Waals surface area contributed by atoms with E-state index in [1.165, 1.54) is 4.90 Å². The first-order valence-electron chi connectivity index (χ1n) is 13.6. The monoisotopic (exact) mass is 596 g/mol. The Hall–Kier alpha value is -4.07. The number of benzene rings is 2.